The molecule has 0 aliphatic rings. The van der Waals surface area contributed by atoms with Gasteiger partial charge in [-0.1, -0.05) is 6.58 Å². The van der Waals surface area contributed by atoms with E-state index in [0.29, 0.717) is 0 Å². The van der Waals surface area contributed by atoms with Gasteiger partial charge in [-0.2, -0.15) is 0 Å². The van der Waals surface area contributed by atoms with E-state index >= 15 is 0 Å². The van der Waals surface area contributed by atoms with Gasteiger partial charge in [0, 0.05) is 13.0 Å². The minimum atomic E-state index is -0.398. The normalized spacial score (nSPS) is 10.8. The third kappa shape index (κ3) is 20.7. The van der Waals surface area contributed by atoms with Gasteiger partial charge in [0.05, 0.1) is 0 Å². The molecule has 0 saturated heterocycles. The van der Waals surface area contributed by atoms with Crippen molar-refractivity contribution in [1.82, 2.24) is 0 Å². The van der Waals surface area contributed by atoms with Gasteiger partial charge in [0.25, 0.3) is 0 Å². The Balaban J connectivity index is 0. The van der Waals surface area contributed by atoms with E-state index in [1.807, 2.05) is 41.5 Å². The largest absolute Gasteiger partial charge is 0.460 e. The van der Waals surface area contributed by atoms with Crippen molar-refractivity contribution in [2.45, 2.75) is 59.7 Å². The van der Waals surface area contributed by atoms with Gasteiger partial charge in [-0.25, -0.2) is 4.79 Å². The Morgan fingerprint density at radius 1 is 0.941 bits per heavy atom. The zero-order valence-corrected chi connectivity index (χ0v) is 11.9. The molecular weight excluding hydrogens is 220 g/mol. The van der Waals surface area contributed by atoms with Crippen LogP contribution in [0.3, 0.4) is 0 Å². The molecule has 0 bridgehead atoms. The van der Waals surface area contributed by atoms with Gasteiger partial charge in [-0.3, -0.25) is 4.79 Å². The molecule has 100 valence electrons. The Bertz CT molecular complexity index is 266. The zero-order chi connectivity index (χ0) is 14.3. The maximum Gasteiger partial charge on any atom is 0.330 e. The highest BCUT2D eigenvalue weighted by Gasteiger charge is 2.13. The second kappa shape index (κ2) is 7.09. The number of esters is 2. The molecule has 0 unspecified atom stereocenters. The predicted octanol–water partition coefficient (Wildman–Crippen LogP) is 2.86. The maximum absolute atomic E-state index is 10.5. The summed E-state index contributed by atoms with van der Waals surface area (Å²) < 4.78 is 9.63. The third-order valence-corrected chi connectivity index (χ3v) is 1.02. The van der Waals surface area contributed by atoms with Crippen LogP contribution in [0.1, 0.15) is 48.5 Å². The van der Waals surface area contributed by atoms with Gasteiger partial charge in [-0.05, 0) is 41.5 Å². The molecule has 0 N–H and O–H groups in total. The fraction of sp³-hybridized carbons (Fsp3) is 0.692. The zero-order valence-electron chi connectivity index (χ0n) is 11.9. The van der Waals surface area contributed by atoms with Gasteiger partial charge in [0.1, 0.15) is 11.2 Å². The quantitative estimate of drug-likeness (QED) is 0.525. The van der Waals surface area contributed by atoms with Crippen molar-refractivity contribution in [2.75, 3.05) is 0 Å². The minimum Gasteiger partial charge on any atom is -0.460 e. The van der Waals surface area contributed by atoms with Crippen LogP contribution in [-0.2, 0) is 19.1 Å². The lowest BCUT2D eigenvalue weighted by Gasteiger charge is -2.17. The van der Waals surface area contributed by atoms with Crippen LogP contribution in [0.4, 0.5) is 0 Å². The van der Waals surface area contributed by atoms with Crippen molar-refractivity contribution in [3.8, 4) is 0 Å². The fourth-order valence-electron chi connectivity index (χ4n) is 0.775. The fourth-order valence-corrected chi connectivity index (χ4v) is 0.775. The number of hydrogen-bond donors (Lipinski definition) is 0. The summed E-state index contributed by atoms with van der Waals surface area (Å²) in [7, 11) is 0. The highest BCUT2D eigenvalue weighted by molar-refractivity contribution is 5.81. The van der Waals surface area contributed by atoms with E-state index in [-0.39, 0.29) is 17.5 Å². The van der Waals surface area contributed by atoms with Crippen LogP contribution < -0.4 is 0 Å². The molecule has 0 aromatic carbocycles. The Hall–Kier alpha value is -1.32. The molecule has 4 nitrogen and oxygen atoms in total. The summed E-state index contributed by atoms with van der Waals surface area (Å²) >= 11 is 0. The minimum absolute atomic E-state index is 0.225. The Morgan fingerprint density at radius 3 is 1.35 bits per heavy atom. The molecule has 0 fully saturated rings. The lowest BCUT2D eigenvalue weighted by atomic mass is 10.2. The SMILES string of the molecule is C=CC(=O)OC(C)(C)C.CC(=O)OC(C)(C)C. The molecule has 0 rings (SSSR count). The highest BCUT2D eigenvalue weighted by Crippen LogP contribution is 2.06. The first-order valence-corrected chi connectivity index (χ1v) is 5.42. The third-order valence-electron chi connectivity index (χ3n) is 1.02. The van der Waals surface area contributed by atoms with E-state index < -0.39 is 5.60 Å². The van der Waals surface area contributed by atoms with E-state index in [9.17, 15) is 9.59 Å². The van der Waals surface area contributed by atoms with E-state index in [1.165, 1.54) is 6.92 Å². The summed E-state index contributed by atoms with van der Waals surface area (Å²) in [5, 5.41) is 0. The first-order valence-electron chi connectivity index (χ1n) is 5.42. The van der Waals surface area contributed by atoms with E-state index in [0.717, 1.165) is 6.08 Å². The number of hydrogen-bond acceptors (Lipinski definition) is 4. The molecular formula is C13H24O4. The van der Waals surface area contributed by atoms with E-state index in [1.54, 1.807) is 0 Å². The van der Waals surface area contributed by atoms with Gasteiger partial charge in [0.2, 0.25) is 0 Å². The molecule has 0 aliphatic heterocycles. The molecule has 0 aromatic heterocycles. The lowest BCUT2D eigenvalue weighted by molar-refractivity contribution is -0.152. The Morgan fingerprint density at radius 2 is 1.29 bits per heavy atom. The number of rotatable bonds is 1. The van der Waals surface area contributed by atoms with E-state index in [2.05, 4.69) is 6.58 Å². The summed E-state index contributed by atoms with van der Waals surface area (Å²) in [5.41, 5.74) is -0.725. The number of ether oxygens (including phenoxy) is 2. The summed E-state index contributed by atoms with van der Waals surface area (Å²) in [6, 6.07) is 0. The molecule has 0 saturated carbocycles. The van der Waals surface area contributed by atoms with Crippen LogP contribution in [0.15, 0.2) is 12.7 Å². The Labute approximate surface area is 104 Å². The summed E-state index contributed by atoms with van der Waals surface area (Å²) in [6.45, 7) is 15.6. The monoisotopic (exact) mass is 244 g/mol. The molecule has 0 radical (unpaired) electrons. The second-order valence-corrected chi connectivity index (χ2v) is 5.44. The van der Waals surface area contributed by atoms with Crippen LogP contribution in [0.5, 0.6) is 0 Å². The van der Waals surface area contributed by atoms with Crippen molar-refractivity contribution >= 4 is 11.9 Å². The topological polar surface area (TPSA) is 52.6 Å². The van der Waals surface area contributed by atoms with Gasteiger partial charge in [-0.15, -0.1) is 0 Å². The van der Waals surface area contributed by atoms with Crippen LogP contribution >= 0.6 is 0 Å². The van der Waals surface area contributed by atoms with Gasteiger partial charge >= 0.3 is 11.9 Å². The van der Waals surface area contributed by atoms with Crippen LogP contribution in [-0.4, -0.2) is 23.1 Å². The molecule has 17 heavy (non-hydrogen) atoms. The van der Waals surface area contributed by atoms with Crippen molar-refractivity contribution in [3.05, 3.63) is 12.7 Å². The standard InChI is InChI=1S/C7H12O2.C6H12O2/c1-5-6(8)9-7(2,3)4;1-5(7)8-6(2,3)4/h5H,1H2,2-4H3;1-4H3. The average molecular weight is 244 g/mol. The van der Waals surface area contributed by atoms with Crippen LogP contribution in [0.2, 0.25) is 0 Å². The molecule has 0 heterocycles. The van der Waals surface area contributed by atoms with Gasteiger partial charge < -0.3 is 9.47 Å². The molecule has 4 heteroatoms. The molecule has 0 atom stereocenters. The first kappa shape index (κ1) is 18.1. The van der Waals surface area contributed by atoms with Crippen molar-refractivity contribution < 1.29 is 19.1 Å². The number of carbonyl (C=O) groups excluding carboxylic acids is 2. The molecule has 0 aliphatic carbocycles. The van der Waals surface area contributed by atoms with E-state index in [4.69, 9.17) is 9.47 Å². The second-order valence-electron chi connectivity index (χ2n) is 5.44. The van der Waals surface area contributed by atoms with Crippen molar-refractivity contribution in [1.29, 1.82) is 0 Å². The van der Waals surface area contributed by atoms with Gasteiger partial charge in [0.15, 0.2) is 0 Å². The predicted molar refractivity (Wildman–Crippen MR) is 67.6 cm³/mol. The molecule has 0 spiro atoms. The lowest BCUT2D eigenvalue weighted by Crippen LogP contribution is -2.22. The van der Waals surface area contributed by atoms with Crippen LogP contribution in [0, 0.1) is 0 Å². The smallest absolute Gasteiger partial charge is 0.330 e. The number of carbonyl (C=O) groups is 2. The maximum atomic E-state index is 10.5. The van der Waals surface area contributed by atoms with Crippen molar-refractivity contribution in [3.63, 3.8) is 0 Å². The molecule has 0 aromatic rings. The first-order chi connectivity index (χ1) is 7.37. The average Bonchev–Trinajstić information content (AvgIpc) is 1.96. The summed E-state index contributed by atoms with van der Waals surface area (Å²) in [5.74, 6) is -0.597. The van der Waals surface area contributed by atoms with Crippen molar-refractivity contribution in [2.24, 2.45) is 0 Å². The Kier molecular flexibility index (Phi) is 7.53. The summed E-state index contributed by atoms with van der Waals surface area (Å²) in [6.07, 6.45) is 1.16. The molecule has 0 amide bonds. The summed E-state index contributed by atoms with van der Waals surface area (Å²) in [4.78, 5) is 20.7. The highest BCUT2D eigenvalue weighted by atomic mass is 16.6. The van der Waals surface area contributed by atoms with Crippen LogP contribution in [0.25, 0.3) is 0 Å².